The number of ether oxygens (including phenoxy) is 1. The van der Waals surface area contributed by atoms with E-state index in [0.717, 1.165) is 45.7 Å². The number of carbonyl (C=O) groups is 1. The van der Waals surface area contributed by atoms with E-state index in [1.807, 2.05) is 35.7 Å². The van der Waals surface area contributed by atoms with Crippen LogP contribution in [0.4, 0.5) is 0 Å². The van der Waals surface area contributed by atoms with Crippen molar-refractivity contribution in [3.8, 4) is 16.5 Å². The summed E-state index contributed by atoms with van der Waals surface area (Å²) in [5.74, 6) is 2.21. The lowest BCUT2D eigenvalue weighted by Crippen LogP contribution is -2.05. The van der Waals surface area contributed by atoms with Crippen molar-refractivity contribution in [2.24, 2.45) is 0 Å². The summed E-state index contributed by atoms with van der Waals surface area (Å²) in [7, 11) is 0. The first-order valence-electron chi connectivity index (χ1n) is 8.15. The second-order valence-electron chi connectivity index (χ2n) is 5.66. The van der Waals surface area contributed by atoms with Crippen LogP contribution in [0.5, 0.6) is 5.75 Å². The predicted molar refractivity (Wildman–Crippen MR) is 99.7 cm³/mol. The summed E-state index contributed by atoms with van der Waals surface area (Å²) in [6, 6.07) is 9.72. The minimum absolute atomic E-state index is 0.100. The van der Waals surface area contributed by atoms with Gasteiger partial charge in [0.2, 0.25) is 0 Å². The number of carbonyl (C=O) groups excluding carboxylic acids is 1. The fourth-order valence-electron chi connectivity index (χ4n) is 2.84. The zero-order valence-corrected chi connectivity index (χ0v) is 15.4. The van der Waals surface area contributed by atoms with Gasteiger partial charge in [0.05, 0.1) is 17.2 Å². The molecule has 1 aliphatic heterocycles. The Kier molecular flexibility index (Phi) is 4.59. The van der Waals surface area contributed by atoms with Gasteiger partial charge in [-0.15, -0.1) is 21.5 Å². The van der Waals surface area contributed by atoms with Crippen LogP contribution in [0.25, 0.3) is 10.7 Å². The number of benzene rings is 1. The van der Waals surface area contributed by atoms with E-state index in [2.05, 4.69) is 21.7 Å². The normalized spacial score (nSPS) is 12.8. The Morgan fingerprint density at radius 3 is 3.08 bits per heavy atom. The number of Topliss-reactive ketones (excluding diaryl/α,β-unsaturated/α-hetero) is 1. The van der Waals surface area contributed by atoms with Gasteiger partial charge in [-0.25, -0.2) is 0 Å². The first-order chi connectivity index (χ1) is 12.3. The van der Waals surface area contributed by atoms with Gasteiger partial charge in [0.25, 0.3) is 0 Å². The Balaban J connectivity index is 1.49. The van der Waals surface area contributed by atoms with E-state index in [1.165, 1.54) is 11.8 Å². The molecule has 0 saturated heterocycles. The van der Waals surface area contributed by atoms with Gasteiger partial charge in [0.15, 0.2) is 16.8 Å². The highest BCUT2D eigenvalue weighted by Crippen LogP contribution is 2.29. The molecule has 0 bridgehead atoms. The SMILES string of the molecule is CCn1c(SCC(=O)c2ccc3c(c2)CCO3)nnc1-c1cccs1. The molecule has 2 aromatic heterocycles. The lowest BCUT2D eigenvalue weighted by atomic mass is 10.1. The van der Waals surface area contributed by atoms with Crippen molar-refractivity contribution in [1.82, 2.24) is 14.8 Å². The molecule has 128 valence electrons. The molecule has 5 nitrogen and oxygen atoms in total. The second-order valence-corrected chi connectivity index (χ2v) is 7.55. The molecule has 3 heterocycles. The Morgan fingerprint density at radius 1 is 1.36 bits per heavy atom. The molecule has 0 atom stereocenters. The largest absolute Gasteiger partial charge is 0.493 e. The molecule has 0 N–H and O–H groups in total. The van der Waals surface area contributed by atoms with Crippen LogP contribution >= 0.6 is 23.1 Å². The molecule has 0 unspecified atom stereocenters. The van der Waals surface area contributed by atoms with Crippen molar-refractivity contribution in [3.05, 3.63) is 46.8 Å². The second kappa shape index (κ2) is 7.01. The smallest absolute Gasteiger partial charge is 0.191 e. The Labute approximate surface area is 154 Å². The third kappa shape index (κ3) is 3.21. The molecule has 0 saturated carbocycles. The molecular weight excluding hydrogens is 354 g/mol. The number of hydrogen-bond acceptors (Lipinski definition) is 6. The van der Waals surface area contributed by atoms with E-state index in [-0.39, 0.29) is 5.78 Å². The van der Waals surface area contributed by atoms with Crippen LogP contribution < -0.4 is 4.74 Å². The molecule has 25 heavy (non-hydrogen) atoms. The van der Waals surface area contributed by atoms with Gasteiger partial charge < -0.3 is 9.30 Å². The summed E-state index contributed by atoms with van der Waals surface area (Å²) in [6.45, 7) is 3.53. The van der Waals surface area contributed by atoms with Crippen molar-refractivity contribution in [2.45, 2.75) is 25.0 Å². The number of thiophene rings is 1. The fourth-order valence-corrected chi connectivity index (χ4v) is 4.46. The zero-order valence-electron chi connectivity index (χ0n) is 13.8. The number of thioether (sulfide) groups is 1. The van der Waals surface area contributed by atoms with E-state index in [0.29, 0.717) is 12.4 Å². The third-order valence-corrected chi connectivity index (χ3v) is 5.95. The van der Waals surface area contributed by atoms with Gasteiger partial charge >= 0.3 is 0 Å². The van der Waals surface area contributed by atoms with E-state index >= 15 is 0 Å². The number of aromatic nitrogens is 3. The number of fused-ring (bicyclic) bond motifs is 1. The van der Waals surface area contributed by atoms with Crippen molar-refractivity contribution >= 4 is 28.9 Å². The summed E-state index contributed by atoms with van der Waals surface area (Å²) in [4.78, 5) is 13.6. The molecule has 3 aromatic rings. The van der Waals surface area contributed by atoms with Crippen LogP contribution in [0.2, 0.25) is 0 Å². The third-order valence-electron chi connectivity index (χ3n) is 4.12. The van der Waals surface area contributed by atoms with Crippen LogP contribution in [0.1, 0.15) is 22.8 Å². The van der Waals surface area contributed by atoms with Gasteiger partial charge in [-0.2, -0.15) is 0 Å². The highest BCUT2D eigenvalue weighted by molar-refractivity contribution is 7.99. The summed E-state index contributed by atoms with van der Waals surface area (Å²) < 4.78 is 7.55. The van der Waals surface area contributed by atoms with Crippen molar-refractivity contribution < 1.29 is 9.53 Å². The summed E-state index contributed by atoms with van der Waals surface area (Å²) in [5, 5.41) is 11.4. The molecule has 0 aliphatic carbocycles. The number of hydrogen-bond donors (Lipinski definition) is 0. The first kappa shape index (κ1) is 16.4. The van der Waals surface area contributed by atoms with Gasteiger partial charge in [0.1, 0.15) is 5.75 Å². The van der Waals surface area contributed by atoms with Crippen LogP contribution in [0, 0.1) is 0 Å². The van der Waals surface area contributed by atoms with Crippen molar-refractivity contribution in [1.29, 1.82) is 0 Å². The number of nitrogens with zero attached hydrogens (tertiary/aromatic N) is 3. The van der Waals surface area contributed by atoms with Crippen molar-refractivity contribution in [2.75, 3.05) is 12.4 Å². The standard InChI is InChI=1S/C18H17N3O2S2/c1-2-21-17(16-4-3-9-24-16)19-20-18(21)25-11-14(22)12-5-6-15-13(10-12)7-8-23-15/h3-6,9-10H,2,7-8,11H2,1H3. The number of ketones is 1. The van der Waals surface area contributed by atoms with Crippen molar-refractivity contribution in [3.63, 3.8) is 0 Å². The number of rotatable bonds is 6. The van der Waals surface area contributed by atoms with Crippen LogP contribution in [-0.4, -0.2) is 32.9 Å². The molecule has 0 amide bonds. The average molecular weight is 371 g/mol. The van der Waals surface area contributed by atoms with Crippen LogP contribution in [0.15, 0.2) is 40.9 Å². The Bertz CT molecular complexity index is 903. The Morgan fingerprint density at radius 2 is 2.28 bits per heavy atom. The van der Waals surface area contributed by atoms with E-state index in [1.54, 1.807) is 11.3 Å². The lowest BCUT2D eigenvalue weighted by molar-refractivity contribution is 0.102. The molecule has 4 rings (SSSR count). The highest BCUT2D eigenvalue weighted by Gasteiger charge is 2.18. The Hall–Kier alpha value is -2.12. The molecule has 7 heteroatoms. The summed E-state index contributed by atoms with van der Waals surface area (Å²) >= 11 is 3.08. The molecule has 1 aliphatic rings. The molecule has 0 radical (unpaired) electrons. The summed E-state index contributed by atoms with van der Waals surface area (Å²) in [6.07, 6.45) is 0.873. The summed E-state index contributed by atoms with van der Waals surface area (Å²) in [5.41, 5.74) is 1.85. The van der Waals surface area contributed by atoms with Gasteiger partial charge in [0, 0.05) is 18.5 Å². The minimum Gasteiger partial charge on any atom is -0.493 e. The maximum atomic E-state index is 12.5. The fraction of sp³-hybridized carbons (Fsp3) is 0.278. The monoisotopic (exact) mass is 371 g/mol. The van der Waals surface area contributed by atoms with Gasteiger partial charge in [-0.1, -0.05) is 17.8 Å². The zero-order chi connectivity index (χ0) is 17.2. The maximum Gasteiger partial charge on any atom is 0.191 e. The van der Waals surface area contributed by atoms with Crippen LogP contribution in [0.3, 0.4) is 0 Å². The average Bonchev–Trinajstić information content (AvgIpc) is 3.38. The molecule has 1 aromatic carbocycles. The topological polar surface area (TPSA) is 57.0 Å². The predicted octanol–water partition coefficient (Wildman–Crippen LogP) is 3.94. The first-order valence-corrected chi connectivity index (χ1v) is 10.0. The van der Waals surface area contributed by atoms with E-state index in [9.17, 15) is 4.79 Å². The highest BCUT2D eigenvalue weighted by atomic mass is 32.2. The quantitative estimate of drug-likeness (QED) is 0.485. The minimum atomic E-state index is 0.100. The molecule has 0 fully saturated rings. The van der Waals surface area contributed by atoms with Crippen LogP contribution in [-0.2, 0) is 13.0 Å². The lowest BCUT2D eigenvalue weighted by Gasteiger charge is -2.06. The van der Waals surface area contributed by atoms with Gasteiger partial charge in [-0.3, -0.25) is 4.79 Å². The maximum absolute atomic E-state index is 12.5. The van der Waals surface area contributed by atoms with E-state index in [4.69, 9.17) is 4.74 Å². The van der Waals surface area contributed by atoms with E-state index < -0.39 is 0 Å². The molecule has 0 spiro atoms. The van der Waals surface area contributed by atoms with Gasteiger partial charge in [-0.05, 0) is 42.1 Å². The molecular formula is C18H17N3O2S2.